The summed E-state index contributed by atoms with van der Waals surface area (Å²) in [6.07, 6.45) is 7.52. The molecule has 1 saturated carbocycles. The van der Waals surface area contributed by atoms with Gasteiger partial charge in [0.15, 0.2) is 0 Å². The van der Waals surface area contributed by atoms with E-state index in [2.05, 4.69) is 20.9 Å². The highest BCUT2D eigenvalue weighted by Crippen LogP contribution is 2.17. The molecule has 1 aromatic carbocycles. The summed E-state index contributed by atoms with van der Waals surface area (Å²) in [6, 6.07) is 9.96. The van der Waals surface area contributed by atoms with E-state index < -0.39 is 0 Å². The number of rotatable bonds is 4. The molecule has 0 bridgehead atoms. The van der Waals surface area contributed by atoms with Crippen LogP contribution in [0.25, 0.3) is 5.69 Å². The largest absolute Gasteiger partial charge is 0.335 e. The lowest BCUT2D eigenvalue weighted by Gasteiger charge is -2.22. The van der Waals surface area contributed by atoms with Gasteiger partial charge in [-0.25, -0.2) is 9.48 Å². The fourth-order valence-electron chi connectivity index (χ4n) is 2.82. The van der Waals surface area contributed by atoms with Crippen molar-refractivity contribution >= 4 is 6.03 Å². The van der Waals surface area contributed by atoms with Crippen LogP contribution in [-0.4, -0.2) is 27.1 Å². The molecule has 0 atom stereocenters. The van der Waals surface area contributed by atoms with Crippen molar-refractivity contribution in [3.63, 3.8) is 0 Å². The Hall–Kier alpha value is -2.37. The molecule has 0 radical (unpaired) electrons. The van der Waals surface area contributed by atoms with Crippen molar-refractivity contribution in [3.8, 4) is 5.69 Å². The van der Waals surface area contributed by atoms with Crippen LogP contribution in [0, 0.1) is 0 Å². The number of hydrogen-bond acceptors (Lipinski definition) is 3. The molecule has 0 aliphatic heterocycles. The lowest BCUT2D eigenvalue weighted by molar-refractivity contribution is 0.232. The Bertz CT molecular complexity index is 604. The highest BCUT2D eigenvalue weighted by molar-refractivity contribution is 5.74. The van der Waals surface area contributed by atoms with Gasteiger partial charge in [0.2, 0.25) is 0 Å². The number of benzene rings is 1. The fraction of sp³-hybridized carbons (Fsp3) is 0.438. The maximum absolute atomic E-state index is 12.0. The summed E-state index contributed by atoms with van der Waals surface area (Å²) in [5.41, 5.74) is 1.79. The molecule has 6 nitrogen and oxygen atoms in total. The van der Waals surface area contributed by atoms with Gasteiger partial charge in [-0.05, 0) is 25.0 Å². The maximum atomic E-state index is 12.0. The standard InChI is InChI=1S/C16H21N5O/c22-16(19-13-7-3-1-4-8-13)17-11-15-12-18-20-21(15)14-9-5-2-6-10-14/h2,5-6,9-10,12-13H,1,3-4,7-8,11H2,(H2,17,19,22). The number of carbonyl (C=O) groups is 1. The molecule has 116 valence electrons. The molecule has 2 amide bonds. The Labute approximate surface area is 129 Å². The van der Waals surface area contributed by atoms with E-state index in [0.29, 0.717) is 12.6 Å². The van der Waals surface area contributed by atoms with E-state index >= 15 is 0 Å². The van der Waals surface area contributed by atoms with Crippen LogP contribution in [0.3, 0.4) is 0 Å². The zero-order chi connectivity index (χ0) is 15.2. The Balaban J connectivity index is 1.55. The molecule has 2 aromatic rings. The molecule has 3 rings (SSSR count). The van der Waals surface area contributed by atoms with E-state index in [4.69, 9.17) is 0 Å². The van der Waals surface area contributed by atoms with Gasteiger partial charge in [0.05, 0.1) is 24.1 Å². The number of amides is 2. The quantitative estimate of drug-likeness (QED) is 0.910. The summed E-state index contributed by atoms with van der Waals surface area (Å²) in [5, 5.41) is 13.9. The molecular formula is C16H21N5O. The number of hydrogen-bond donors (Lipinski definition) is 2. The first-order valence-corrected chi connectivity index (χ1v) is 7.82. The summed E-state index contributed by atoms with van der Waals surface area (Å²) < 4.78 is 1.74. The Morgan fingerprint density at radius 2 is 1.95 bits per heavy atom. The summed E-state index contributed by atoms with van der Waals surface area (Å²) >= 11 is 0. The van der Waals surface area contributed by atoms with Crippen molar-refractivity contribution in [2.24, 2.45) is 0 Å². The minimum absolute atomic E-state index is 0.118. The minimum atomic E-state index is -0.118. The lowest BCUT2D eigenvalue weighted by Crippen LogP contribution is -2.42. The van der Waals surface area contributed by atoms with Gasteiger partial charge in [-0.15, -0.1) is 5.10 Å². The molecule has 22 heavy (non-hydrogen) atoms. The second kappa shape index (κ2) is 7.06. The van der Waals surface area contributed by atoms with Crippen LogP contribution in [0.1, 0.15) is 37.8 Å². The van der Waals surface area contributed by atoms with Crippen molar-refractivity contribution in [1.82, 2.24) is 25.6 Å². The Kier molecular flexibility index (Phi) is 4.68. The summed E-state index contributed by atoms with van der Waals surface area (Å²) in [7, 11) is 0. The molecule has 1 aliphatic rings. The van der Waals surface area contributed by atoms with E-state index in [1.165, 1.54) is 19.3 Å². The maximum Gasteiger partial charge on any atom is 0.315 e. The van der Waals surface area contributed by atoms with Gasteiger partial charge in [-0.1, -0.05) is 42.7 Å². The molecule has 0 unspecified atom stereocenters. The number of nitrogens with one attached hydrogen (secondary N) is 2. The fourth-order valence-corrected chi connectivity index (χ4v) is 2.82. The molecule has 2 N–H and O–H groups in total. The van der Waals surface area contributed by atoms with E-state index in [9.17, 15) is 4.79 Å². The van der Waals surface area contributed by atoms with Crippen LogP contribution in [0.2, 0.25) is 0 Å². The van der Waals surface area contributed by atoms with Crippen molar-refractivity contribution in [1.29, 1.82) is 0 Å². The third kappa shape index (κ3) is 3.63. The molecule has 1 fully saturated rings. The van der Waals surface area contributed by atoms with Crippen LogP contribution >= 0.6 is 0 Å². The third-order valence-corrected chi connectivity index (χ3v) is 3.99. The Morgan fingerprint density at radius 3 is 2.73 bits per heavy atom. The molecule has 1 aromatic heterocycles. The number of urea groups is 1. The lowest BCUT2D eigenvalue weighted by atomic mass is 9.96. The number of carbonyl (C=O) groups excluding carboxylic acids is 1. The van der Waals surface area contributed by atoms with E-state index in [1.807, 2.05) is 30.3 Å². The van der Waals surface area contributed by atoms with Crippen LogP contribution in [0.15, 0.2) is 36.5 Å². The monoisotopic (exact) mass is 299 g/mol. The smallest absolute Gasteiger partial charge is 0.315 e. The van der Waals surface area contributed by atoms with Gasteiger partial charge >= 0.3 is 6.03 Å². The van der Waals surface area contributed by atoms with Crippen LogP contribution in [0.5, 0.6) is 0 Å². The van der Waals surface area contributed by atoms with Crippen molar-refractivity contribution in [2.75, 3.05) is 0 Å². The minimum Gasteiger partial charge on any atom is -0.335 e. The first-order chi connectivity index (χ1) is 10.8. The van der Waals surface area contributed by atoms with E-state index in [-0.39, 0.29) is 6.03 Å². The molecule has 1 aliphatic carbocycles. The summed E-state index contributed by atoms with van der Waals surface area (Å²) in [6.45, 7) is 0.403. The highest BCUT2D eigenvalue weighted by atomic mass is 16.2. The Morgan fingerprint density at radius 1 is 1.18 bits per heavy atom. The van der Waals surface area contributed by atoms with Gasteiger partial charge in [0.25, 0.3) is 0 Å². The molecule has 0 saturated heterocycles. The van der Waals surface area contributed by atoms with Crippen LogP contribution in [0.4, 0.5) is 4.79 Å². The van der Waals surface area contributed by atoms with Gasteiger partial charge < -0.3 is 10.6 Å². The molecule has 0 spiro atoms. The SMILES string of the molecule is O=C(NCc1cnnn1-c1ccccc1)NC1CCCCC1. The number of para-hydroxylation sites is 1. The van der Waals surface area contributed by atoms with E-state index in [1.54, 1.807) is 10.9 Å². The molecular weight excluding hydrogens is 278 g/mol. The number of nitrogens with zero attached hydrogens (tertiary/aromatic N) is 3. The van der Waals surface area contributed by atoms with Gasteiger partial charge in [0.1, 0.15) is 0 Å². The highest BCUT2D eigenvalue weighted by Gasteiger charge is 2.15. The van der Waals surface area contributed by atoms with Gasteiger partial charge in [-0.2, -0.15) is 0 Å². The average molecular weight is 299 g/mol. The van der Waals surface area contributed by atoms with Gasteiger partial charge in [-0.3, -0.25) is 0 Å². The topological polar surface area (TPSA) is 71.8 Å². The molecule has 6 heteroatoms. The second-order valence-corrected chi connectivity index (χ2v) is 5.63. The first kappa shape index (κ1) is 14.6. The zero-order valence-electron chi connectivity index (χ0n) is 12.5. The van der Waals surface area contributed by atoms with Crippen molar-refractivity contribution < 1.29 is 4.79 Å². The first-order valence-electron chi connectivity index (χ1n) is 7.82. The number of aromatic nitrogens is 3. The van der Waals surface area contributed by atoms with Crippen LogP contribution in [-0.2, 0) is 6.54 Å². The second-order valence-electron chi connectivity index (χ2n) is 5.63. The van der Waals surface area contributed by atoms with Crippen molar-refractivity contribution in [2.45, 2.75) is 44.7 Å². The predicted octanol–water partition coefficient (Wildman–Crippen LogP) is 2.40. The van der Waals surface area contributed by atoms with Crippen molar-refractivity contribution in [3.05, 3.63) is 42.2 Å². The third-order valence-electron chi connectivity index (χ3n) is 3.99. The zero-order valence-corrected chi connectivity index (χ0v) is 12.5. The molecule has 1 heterocycles. The normalized spacial score (nSPS) is 15.5. The van der Waals surface area contributed by atoms with E-state index in [0.717, 1.165) is 24.2 Å². The summed E-state index contributed by atoms with van der Waals surface area (Å²) in [4.78, 5) is 12.0. The average Bonchev–Trinajstić information content (AvgIpc) is 3.03. The summed E-state index contributed by atoms with van der Waals surface area (Å²) in [5.74, 6) is 0. The predicted molar refractivity (Wildman–Crippen MR) is 83.6 cm³/mol. The van der Waals surface area contributed by atoms with Gasteiger partial charge in [0, 0.05) is 6.04 Å². The van der Waals surface area contributed by atoms with Crippen LogP contribution < -0.4 is 10.6 Å².